The van der Waals surface area contributed by atoms with Crippen LogP contribution in [-0.4, -0.2) is 88.5 Å². The molecule has 1 aliphatic carbocycles. The number of rotatable bonds is 5. The number of halogens is 1. The highest BCUT2D eigenvalue weighted by Crippen LogP contribution is 2.33. The third-order valence-electron chi connectivity index (χ3n) is 5.06. The highest BCUT2D eigenvalue weighted by atomic mass is 127. The van der Waals surface area contributed by atoms with Crippen molar-refractivity contribution in [2.45, 2.75) is 37.3 Å². The average Bonchev–Trinajstić information content (AvgIpc) is 2.99. The summed E-state index contributed by atoms with van der Waals surface area (Å²) in [6.45, 7) is 4.04. The molecular weight excluding hydrogens is 407 g/mol. The molecule has 7 heteroatoms. The van der Waals surface area contributed by atoms with E-state index < -0.39 is 0 Å². The predicted molar refractivity (Wildman–Crippen MR) is 105 cm³/mol. The second-order valence-electron chi connectivity index (χ2n) is 6.62. The van der Waals surface area contributed by atoms with E-state index in [1.54, 1.807) is 7.11 Å². The maximum absolute atomic E-state index is 5.72. The molecule has 2 rings (SSSR count). The van der Waals surface area contributed by atoms with Gasteiger partial charge in [0.25, 0.3) is 0 Å². The number of guanidine groups is 1. The van der Waals surface area contributed by atoms with Crippen LogP contribution in [0.25, 0.3) is 0 Å². The minimum absolute atomic E-state index is 0. The van der Waals surface area contributed by atoms with E-state index >= 15 is 0 Å². The number of morpholine rings is 1. The Bertz CT molecular complexity index is 371. The van der Waals surface area contributed by atoms with Gasteiger partial charge in [0.1, 0.15) is 0 Å². The van der Waals surface area contributed by atoms with Crippen molar-refractivity contribution in [1.82, 2.24) is 15.1 Å². The van der Waals surface area contributed by atoms with Gasteiger partial charge >= 0.3 is 0 Å². The Balaban J connectivity index is 0.00000264. The Kier molecular flexibility index (Phi) is 9.10. The summed E-state index contributed by atoms with van der Waals surface area (Å²) in [5.41, 5.74) is 0.272. The molecule has 1 N–H and O–H groups in total. The monoisotopic (exact) mass is 440 g/mol. The topological polar surface area (TPSA) is 49.3 Å². The number of hydrogen-bond donors (Lipinski definition) is 1. The van der Waals surface area contributed by atoms with Gasteiger partial charge in [-0.15, -0.1) is 24.0 Å². The van der Waals surface area contributed by atoms with Crippen molar-refractivity contribution in [2.75, 3.05) is 61.1 Å². The molecule has 136 valence electrons. The number of hydrogen-bond acceptors (Lipinski definition) is 4. The second-order valence-corrected chi connectivity index (χ2v) is 6.62. The molecule has 2 aliphatic rings. The molecule has 1 saturated carbocycles. The van der Waals surface area contributed by atoms with Gasteiger partial charge in [-0.25, -0.2) is 0 Å². The summed E-state index contributed by atoms with van der Waals surface area (Å²) < 4.78 is 10.9. The lowest BCUT2D eigenvalue weighted by Gasteiger charge is -2.39. The van der Waals surface area contributed by atoms with Crippen LogP contribution in [0.1, 0.15) is 25.7 Å². The summed E-state index contributed by atoms with van der Waals surface area (Å²) in [7, 11) is 7.97. The first-order chi connectivity index (χ1) is 10.6. The van der Waals surface area contributed by atoms with E-state index in [0.717, 1.165) is 32.2 Å². The fraction of sp³-hybridized carbons (Fsp3) is 0.938. The minimum atomic E-state index is 0. The maximum atomic E-state index is 5.72. The molecule has 0 radical (unpaired) electrons. The summed E-state index contributed by atoms with van der Waals surface area (Å²) >= 11 is 0. The van der Waals surface area contributed by atoms with Crippen molar-refractivity contribution < 1.29 is 9.47 Å². The van der Waals surface area contributed by atoms with E-state index in [0.29, 0.717) is 6.61 Å². The van der Waals surface area contributed by atoms with Crippen molar-refractivity contribution in [3.8, 4) is 0 Å². The SMILES string of the molecule is CN=C(NCC1(N(C)C)CCCC1)N1CCOC(COC)C1.I. The third kappa shape index (κ3) is 5.44. The summed E-state index contributed by atoms with van der Waals surface area (Å²) in [6, 6.07) is 0. The fourth-order valence-electron chi connectivity index (χ4n) is 3.59. The average molecular weight is 440 g/mol. The molecule has 0 spiro atoms. The number of nitrogens with one attached hydrogen (secondary N) is 1. The van der Waals surface area contributed by atoms with Crippen LogP contribution < -0.4 is 5.32 Å². The zero-order valence-electron chi connectivity index (χ0n) is 15.0. The van der Waals surface area contributed by atoms with Crippen LogP contribution >= 0.6 is 24.0 Å². The van der Waals surface area contributed by atoms with Crippen LogP contribution in [-0.2, 0) is 9.47 Å². The van der Waals surface area contributed by atoms with Crippen LogP contribution in [0, 0.1) is 0 Å². The molecule has 1 heterocycles. The molecule has 1 aliphatic heterocycles. The van der Waals surface area contributed by atoms with E-state index in [4.69, 9.17) is 9.47 Å². The van der Waals surface area contributed by atoms with E-state index in [1.807, 2.05) is 7.05 Å². The first kappa shape index (κ1) is 20.9. The zero-order valence-corrected chi connectivity index (χ0v) is 17.3. The van der Waals surface area contributed by atoms with Gasteiger partial charge in [-0.3, -0.25) is 4.99 Å². The van der Waals surface area contributed by atoms with E-state index in [9.17, 15) is 0 Å². The van der Waals surface area contributed by atoms with Crippen molar-refractivity contribution in [3.63, 3.8) is 0 Å². The van der Waals surface area contributed by atoms with Crippen LogP contribution in [0.3, 0.4) is 0 Å². The molecule has 0 aromatic carbocycles. The fourth-order valence-corrected chi connectivity index (χ4v) is 3.59. The summed E-state index contributed by atoms with van der Waals surface area (Å²) in [5.74, 6) is 0.984. The first-order valence-electron chi connectivity index (χ1n) is 8.35. The second kappa shape index (κ2) is 10.0. The molecular formula is C16H33IN4O2. The minimum Gasteiger partial charge on any atom is -0.382 e. The molecule has 23 heavy (non-hydrogen) atoms. The van der Waals surface area contributed by atoms with Gasteiger partial charge in [0.15, 0.2) is 5.96 Å². The Morgan fingerprint density at radius 1 is 1.39 bits per heavy atom. The quantitative estimate of drug-likeness (QED) is 0.398. The molecule has 2 fully saturated rings. The van der Waals surface area contributed by atoms with Crippen molar-refractivity contribution in [2.24, 2.45) is 4.99 Å². The van der Waals surface area contributed by atoms with Crippen LogP contribution in [0.5, 0.6) is 0 Å². The Morgan fingerprint density at radius 2 is 2.09 bits per heavy atom. The number of aliphatic imine (C=N–C) groups is 1. The maximum Gasteiger partial charge on any atom is 0.193 e. The summed E-state index contributed by atoms with van der Waals surface area (Å²) in [4.78, 5) is 9.14. The molecule has 0 bridgehead atoms. The lowest BCUT2D eigenvalue weighted by atomic mass is 9.96. The molecule has 1 atom stereocenters. The standard InChI is InChI=1S/C16H32N4O2.HI/c1-17-15(20-9-10-22-14(11-20)12-21-4)18-13-16(19(2)3)7-5-6-8-16;/h14H,5-13H2,1-4H3,(H,17,18);1H. The number of methoxy groups -OCH3 is 1. The van der Waals surface area contributed by atoms with Crippen LogP contribution in [0.2, 0.25) is 0 Å². The van der Waals surface area contributed by atoms with Gasteiger partial charge in [0, 0.05) is 39.3 Å². The largest absolute Gasteiger partial charge is 0.382 e. The van der Waals surface area contributed by atoms with Gasteiger partial charge in [0.05, 0.1) is 19.3 Å². The molecule has 1 saturated heterocycles. The lowest BCUT2D eigenvalue weighted by Crippen LogP contribution is -2.56. The third-order valence-corrected chi connectivity index (χ3v) is 5.06. The smallest absolute Gasteiger partial charge is 0.193 e. The normalized spacial score (nSPS) is 24.7. The van der Waals surface area contributed by atoms with Crippen LogP contribution in [0.4, 0.5) is 0 Å². The van der Waals surface area contributed by atoms with Crippen molar-refractivity contribution in [1.29, 1.82) is 0 Å². The van der Waals surface area contributed by atoms with E-state index in [1.165, 1.54) is 25.7 Å². The van der Waals surface area contributed by atoms with Crippen molar-refractivity contribution in [3.05, 3.63) is 0 Å². The molecule has 1 unspecified atom stereocenters. The van der Waals surface area contributed by atoms with Crippen molar-refractivity contribution >= 4 is 29.9 Å². The highest BCUT2D eigenvalue weighted by molar-refractivity contribution is 14.0. The van der Waals surface area contributed by atoms with Gasteiger partial charge in [0.2, 0.25) is 0 Å². The van der Waals surface area contributed by atoms with Crippen LogP contribution in [0.15, 0.2) is 4.99 Å². The Hall–Kier alpha value is -0.120. The van der Waals surface area contributed by atoms with Gasteiger partial charge in [-0.1, -0.05) is 12.8 Å². The molecule has 0 aromatic heterocycles. The molecule has 0 aromatic rings. The van der Waals surface area contributed by atoms with E-state index in [-0.39, 0.29) is 35.6 Å². The van der Waals surface area contributed by atoms with Gasteiger partial charge in [-0.05, 0) is 26.9 Å². The summed E-state index contributed by atoms with van der Waals surface area (Å²) in [6.07, 6.45) is 5.31. The van der Waals surface area contributed by atoms with Gasteiger partial charge < -0.3 is 24.6 Å². The summed E-state index contributed by atoms with van der Waals surface area (Å²) in [5, 5.41) is 3.60. The number of likely N-dealkylation sites (N-methyl/N-ethyl adjacent to an activating group) is 1. The predicted octanol–water partition coefficient (Wildman–Crippen LogP) is 1.40. The number of nitrogens with zero attached hydrogens (tertiary/aromatic N) is 3. The Labute approximate surface area is 158 Å². The molecule has 6 nitrogen and oxygen atoms in total. The van der Waals surface area contributed by atoms with Gasteiger partial charge in [-0.2, -0.15) is 0 Å². The zero-order chi connectivity index (χ0) is 16.0. The first-order valence-corrected chi connectivity index (χ1v) is 8.35. The molecule has 0 amide bonds. The highest BCUT2D eigenvalue weighted by Gasteiger charge is 2.36. The lowest BCUT2D eigenvalue weighted by molar-refractivity contribution is -0.0448. The van der Waals surface area contributed by atoms with E-state index in [2.05, 4.69) is 34.2 Å². The Morgan fingerprint density at radius 3 is 2.65 bits per heavy atom. The number of ether oxygens (including phenoxy) is 2.